The minimum Gasteiger partial charge on any atom is -0.494 e. The van der Waals surface area contributed by atoms with Crippen LogP contribution in [0.5, 0.6) is 5.75 Å². The lowest BCUT2D eigenvalue weighted by molar-refractivity contribution is 0.414. The van der Waals surface area contributed by atoms with Crippen molar-refractivity contribution in [2.45, 2.75) is 39.5 Å². The standard InChI is InChI=1S/C17H24ClN3O/c1-4-5-6-10-15(19)21-11-12(2)16(20-21)13-8-7-9-14(18)17(13)22-3/h7-9,12,19H,4-6,10-11H2,1-3H3. The van der Waals surface area contributed by atoms with Crippen LogP contribution in [0, 0.1) is 11.3 Å². The Morgan fingerprint density at radius 3 is 2.91 bits per heavy atom. The van der Waals surface area contributed by atoms with Crippen LogP contribution in [0.4, 0.5) is 0 Å². The van der Waals surface area contributed by atoms with E-state index in [1.54, 1.807) is 7.11 Å². The quantitative estimate of drug-likeness (QED) is 0.474. The average molecular weight is 322 g/mol. The van der Waals surface area contributed by atoms with E-state index in [1.165, 1.54) is 0 Å². The monoisotopic (exact) mass is 321 g/mol. The van der Waals surface area contributed by atoms with Crippen molar-refractivity contribution in [2.75, 3.05) is 13.7 Å². The van der Waals surface area contributed by atoms with Crippen molar-refractivity contribution in [3.8, 4) is 5.75 Å². The van der Waals surface area contributed by atoms with Crippen LogP contribution in [0.15, 0.2) is 23.3 Å². The van der Waals surface area contributed by atoms with E-state index in [4.69, 9.17) is 21.7 Å². The molecular formula is C17H24ClN3O. The number of nitrogens with one attached hydrogen (secondary N) is 1. The maximum atomic E-state index is 8.21. The van der Waals surface area contributed by atoms with Gasteiger partial charge in [0.05, 0.1) is 24.4 Å². The summed E-state index contributed by atoms with van der Waals surface area (Å²) in [5.41, 5.74) is 1.87. The maximum Gasteiger partial charge on any atom is 0.146 e. The largest absolute Gasteiger partial charge is 0.494 e. The zero-order valence-corrected chi connectivity index (χ0v) is 14.3. The molecule has 120 valence electrons. The van der Waals surface area contributed by atoms with Gasteiger partial charge in [0, 0.05) is 17.9 Å². The Kier molecular flexibility index (Phi) is 5.83. The summed E-state index contributed by atoms with van der Waals surface area (Å²) < 4.78 is 5.43. The Morgan fingerprint density at radius 1 is 1.45 bits per heavy atom. The third-order valence-electron chi connectivity index (χ3n) is 3.92. The third kappa shape index (κ3) is 3.61. The molecule has 0 aliphatic carbocycles. The molecule has 0 spiro atoms. The molecule has 1 aromatic carbocycles. The minimum absolute atomic E-state index is 0.249. The van der Waals surface area contributed by atoms with E-state index in [-0.39, 0.29) is 5.92 Å². The molecule has 1 heterocycles. The van der Waals surface area contributed by atoms with Crippen LogP contribution in [-0.4, -0.2) is 30.2 Å². The summed E-state index contributed by atoms with van der Waals surface area (Å²) in [6.45, 7) is 5.04. The smallest absolute Gasteiger partial charge is 0.146 e. The van der Waals surface area contributed by atoms with E-state index >= 15 is 0 Å². The second-order valence-electron chi connectivity index (χ2n) is 5.69. The molecule has 1 aromatic rings. The molecule has 0 amide bonds. The lowest BCUT2D eigenvalue weighted by Gasteiger charge is -2.15. The van der Waals surface area contributed by atoms with E-state index in [1.807, 2.05) is 23.2 Å². The summed E-state index contributed by atoms with van der Waals surface area (Å²) in [5, 5.41) is 15.3. The molecule has 0 aromatic heterocycles. The lowest BCUT2D eigenvalue weighted by Crippen LogP contribution is -2.24. The highest BCUT2D eigenvalue weighted by atomic mass is 35.5. The van der Waals surface area contributed by atoms with Crippen LogP contribution >= 0.6 is 11.6 Å². The summed E-state index contributed by atoms with van der Waals surface area (Å²) in [7, 11) is 1.62. The van der Waals surface area contributed by atoms with Crippen LogP contribution in [0.1, 0.15) is 45.1 Å². The van der Waals surface area contributed by atoms with Gasteiger partial charge in [0.1, 0.15) is 11.6 Å². The summed E-state index contributed by atoms with van der Waals surface area (Å²) in [6, 6.07) is 5.70. The second-order valence-corrected chi connectivity index (χ2v) is 6.10. The molecule has 2 rings (SSSR count). The Balaban J connectivity index is 2.19. The molecule has 4 nitrogen and oxygen atoms in total. The molecule has 1 aliphatic heterocycles. The number of methoxy groups -OCH3 is 1. The molecule has 0 saturated heterocycles. The number of benzene rings is 1. The zero-order chi connectivity index (χ0) is 16.1. The normalized spacial score (nSPS) is 17.5. The molecule has 1 atom stereocenters. The average Bonchev–Trinajstić information content (AvgIpc) is 2.89. The van der Waals surface area contributed by atoms with Gasteiger partial charge in [0.25, 0.3) is 0 Å². The topological polar surface area (TPSA) is 48.7 Å². The van der Waals surface area contributed by atoms with Crippen molar-refractivity contribution >= 4 is 23.1 Å². The van der Waals surface area contributed by atoms with Crippen LogP contribution in [0.3, 0.4) is 0 Å². The number of hydrogen-bond donors (Lipinski definition) is 1. The first-order valence-corrected chi connectivity index (χ1v) is 8.22. The summed E-state index contributed by atoms with van der Waals surface area (Å²) in [5.74, 6) is 1.50. The number of amidine groups is 1. The number of hydrazone groups is 1. The number of unbranched alkanes of at least 4 members (excludes halogenated alkanes) is 2. The molecule has 1 N–H and O–H groups in total. The van der Waals surface area contributed by atoms with Gasteiger partial charge in [-0.25, -0.2) is 0 Å². The van der Waals surface area contributed by atoms with E-state index in [0.29, 0.717) is 16.6 Å². The van der Waals surface area contributed by atoms with Gasteiger partial charge >= 0.3 is 0 Å². The van der Waals surface area contributed by atoms with E-state index in [9.17, 15) is 0 Å². The fourth-order valence-corrected chi connectivity index (χ4v) is 2.95. The van der Waals surface area contributed by atoms with Crippen molar-refractivity contribution in [1.29, 1.82) is 5.41 Å². The van der Waals surface area contributed by atoms with Crippen LogP contribution in [0.25, 0.3) is 0 Å². The van der Waals surface area contributed by atoms with Crippen LogP contribution in [-0.2, 0) is 0 Å². The van der Waals surface area contributed by atoms with Gasteiger partial charge in [-0.3, -0.25) is 10.4 Å². The minimum atomic E-state index is 0.249. The van der Waals surface area contributed by atoms with Gasteiger partial charge in [0.15, 0.2) is 0 Å². The Morgan fingerprint density at radius 2 is 2.23 bits per heavy atom. The number of hydrogen-bond acceptors (Lipinski definition) is 3. The lowest BCUT2D eigenvalue weighted by atomic mass is 9.98. The molecule has 0 saturated carbocycles. The van der Waals surface area contributed by atoms with E-state index < -0.39 is 0 Å². The fourth-order valence-electron chi connectivity index (χ4n) is 2.69. The highest BCUT2D eigenvalue weighted by molar-refractivity contribution is 6.32. The number of halogens is 1. The summed E-state index contributed by atoms with van der Waals surface area (Å²) in [6.07, 6.45) is 4.15. The zero-order valence-electron chi connectivity index (χ0n) is 13.5. The highest BCUT2D eigenvalue weighted by Crippen LogP contribution is 2.32. The van der Waals surface area contributed by atoms with Crippen molar-refractivity contribution in [3.05, 3.63) is 28.8 Å². The molecule has 1 aliphatic rings. The molecule has 22 heavy (non-hydrogen) atoms. The van der Waals surface area contributed by atoms with E-state index in [0.717, 1.165) is 43.5 Å². The molecule has 0 bridgehead atoms. The van der Waals surface area contributed by atoms with Gasteiger partial charge in [0.2, 0.25) is 0 Å². The molecule has 1 unspecified atom stereocenters. The fraction of sp³-hybridized carbons (Fsp3) is 0.529. The van der Waals surface area contributed by atoms with Gasteiger partial charge in [-0.15, -0.1) is 0 Å². The highest BCUT2D eigenvalue weighted by Gasteiger charge is 2.28. The molecular weight excluding hydrogens is 298 g/mol. The number of para-hydroxylation sites is 1. The second kappa shape index (κ2) is 7.63. The molecule has 5 heteroatoms. The van der Waals surface area contributed by atoms with Crippen molar-refractivity contribution in [2.24, 2.45) is 11.0 Å². The van der Waals surface area contributed by atoms with E-state index in [2.05, 4.69) is 18.9 Å². The predicted molar refractivity (Wildman–Crippen MR) is 92.3 cm³/mol. The van der Waals surface area contributed by atoms with Crippen molar-refractivity contribution in [1.82, 2.24) is 5.01 Å². The third-order valence-corrected chi connectivity index (χ3v) is 4.22. The summed E-state index contributed by atoms with van der Waals surface area (Å²) >= 11 is 6.20. The first-order valence-electron chi connectivity index (χ1n) is 7.84. The first-order chi connectivity index (χ1) is 10.6. The predicted octanol–water partition coefficient (Wildman–Crippen LogP) is 4.56. The Hall–Kier alpha value is -1.55. The van der Waals surface area contributed by atoms with Gasteiger partial charge in [-0.1, -0.05) is 44.4 Å². The molecule has 0 fully saturated rings. The van der Waals surface area contributed by atoms with Crippen molar-refractivity contribution in [3.63, 3.8) is 0 Å². The van der Waals surface area contributed by atoms with Crippen LogP contribution < -0.4 is 4.74 Å². The summed E-state index contributed by atoms with van der Waals surface area (Å²) in [4.78, 5) is 0. The van der Waals surface area contributed by atoms with Gasteiger partial charge in [-0.2, -0.15) is 5.10 Å². The van der Waals surface area contributed by atoms with Gasteiger partial charge in [-0.05, 0) is 18.6 Å². The number of nitrogens with zero attached hydrogens (tertiary/aromatic N) is 2. The Bertz CT molecular complexity index is 571. The Labute approximate surface area is 137 Å². The van der Waals surface area contributed by atoms with Crippen LogP contribution in [0.2, 0.25) is 5.02 Å². The SMILES string of the molecule is CCCCCC(=N)N1CC(C)C(c2cccc(Cl)c2OC)=N1. The molecule has 0 radical (unpaired) electrons. The van der Waals surface area contributed by atoms with Crippen molar-refractivity contribution < 1.29 is 4.74 Å². The van der Waals surface area contributed by atoms with Gasteiger partial charge < -0.3 is 4.74 Å². The number of ether oxygens (including phenoxy) is 1. The first kappa shape index (κ1) is 16.8. The number of rotatable bonds is 6. The maximum absolute atomic E-state index is 8.21.